The summed E-state index contributed by atoms with van der Waals surface area (Å²) in [4.78, 5) is 0. The van der Waals surface area contributed by atoms with Crippen molar-refractivity contribution in [3.63, 3.8) is 0 Å². The lowest BCUT2D eigenvalue weighted by Gasteiger charge is -2.25. The molecule has 13 heteroatoms. The molecule has 0 saturated heterocycles. The molecule has 3 unspecified atom stereocenters. The largest absolute Gasteiger partial charge is 0.417 e. The summed E-state index contributed by atoms with van der Waals surface area (Å²) >= 11 is 0. The maximum Gasteiger partial charge on any atom is 0.417 e. The minimum Gasteiger partial charge on any atom is -0.387 e. The highest BCUT2D eigenvalue weighted by atomic mass is 19.4. The van der Waals surface area contributed by atoms with Gasteiger partial charge >= 0.3 is 18.5 Å². The van der Waals surface area contributed by atoms with E-state index in [1.807, 2.05) is 0 Å². The van der Waals surface area contributed by atoms with Crippen LogP contribution >= 0.6 is 0 Å². The van der Waals surface area contributed by atoms with Gasteiger partial charge in [-0.25, -0.2) is 0 Å². The lowest BCUT2D eigenvalue weighted by molar-refractivity contribution is -0.143. The molecule has 0 saturated carbocycles. The van der Waals surface area contributed by atoms with E-state index in [9.17, 15) is 55.0 Å². The number of aryl methyl sites for hydroxylation is 1. The van der Waals surface area contributed by atoms with E-state index >= 15 is 0 Å². The maximum absolute atomic E-state index is 13.3. The zero-order valence-corrected chi connectivity index (χ0v) is 16.8. The van der Waals surface area contributed by atoms with Crippen LogP contribution in [0, 0.1) is 35.5 Å². The van der Waals surface area contributed by atoms with Gasteiger partial charge in [0.2, 0.25) is 0 Å². The van der Waals surface area contributed by atoms with Crippen LogP contribution in [-0.4, -0.2) is 10.2 Å². The second kappa shape index (κ2) is 9.16. The van der Waals surface area contributed by atoms with Crippen LogP contribution in [0.4, 0.5) is 39.5 Å². The Kier molecular flexibility index (Phi) is 7.26. The molecule has 0 fully saturated rings. The third-order valence-corrected chi connectivity index (χ3v) is 4.90. The van der Waals surface area contributed by atoms with Gasteiger partial charge in [-0.2, -0.15) is 50.0 Å². The monoisotopic (exact) mass is 496 g/mol. The minimum atomic E-state index is -5.26. The lowest BCUT2D eigenvalue weighted by atomic mass is 9.85. The lowest BCUT2D eigenvalue weighted by Crippen LogP contribution is -2.22. The number of hydrogen-bond donors (Lipinski definition) is 2. The third-order valence-electron chi connectivity index (χ3n) is 4.90. The zero-order valence-electron chi connectivity index (χ0n) is 16.8. The van der Waals surface area contributed by atoms with Crippen molar-refractivity contribution in [2.45, 2.75) is 37.7 Å². The summed E-state index contributed by atoms with van der Waals surface area (Å²) in [5.74, 6) is -2.17. The molecule has 2 rings (SSSR count). The molecule has 0 heterocycles. The van der Waals surface area contributed by atoms with Crippen LogP contribution in [0.25, 0.3) is 0 Å². The molecule has 0 aliphatic carbocycles. The van der Waals surface area contributed by atoms with Gasteiger partial charge in [0.25, 0.3) is 0 Å². The van der Waals surface area contributed by atoms with Gasteiger partial charge in [0.05, 0.1) is 40.5 Å². The highest BCUT2D eigenvalue weighted by Crippen LogP contribution is 2.41. The fourth-order valence-corrected chi connectivity index (χ4v) is 3.24. The Morgan fingerprint density at radius 2 is 1.15 bits per heavy atom. The molecule has 2 aromatic carbocycles. The van der Waals surface area contributed by atoms with Crippen molar-refractivity contribution in [1.29, 1.82) is 10.5 Å². The molecule has 0 amide bonds. The Morgan fingerprint density at radius 1 is 0.706 bits per heavy atom. The Morgan fingerprint density at radius 3 is 1.50 bits per heavy atom. The third kappa shape index (κ3) is 5.61. The van der Waals surface area contributed by atoms with Crippen molar-refractivity contribution in [2.75, 3.05) is 0 Å². The first kappa shape index (κ1) is 27.0. The number of rotatable bonds is 4. The summed E-state index contributed by atoms with van der Waals surface area (Å²) in [7, 11) is 0. The van der Waals surface area contributed by atoms with Crippen LogP contribution in [0.5, 0.6) is 0 Å². The van der Waals surface area contributed by atoms with Crippen molar-refractivity contribution in [3.8, 4) is 12.1 Å². The van der Waals surface area contributed by atoms with Gasteiger partial charge in [-0.3, -0.25) is 0 Å². The van der Waals surface area contributed by atoms with E-state index in [0.29, 0.717) is 6.07 Å². The van der Waals surface area contributed by atoms with Crippen molar-refractivity contribution in [3.05, 3.63) is 69.3 Å². The molecular formula is C21H13F9N2O2. The van der Waals surface area contributed by atoms with Crippen LogP contribution in [0.1, 0.15) is 51.2 Å². The number of nitrogens with zero attached hydrogens (tertiary/aromatic N) is 2. The average molecular weight is 496 g/mol. The summed E-state index contributed by atoms with van der Waals surface area (Å²) < 4.78 is 118. The summed E-state index contributed by atoms with van der Waals surface area (Å²) in [5, 5.41) is 39.2. The number of aliphatic hydroxyl groups excluding tert-OH is 2. The van der Waals surface area contributed by atoms with Crippen molar-refractivity contribution in [1.82, 2.24) is 0 Å². The molecule has 2 aromatic rings. The molecule has 0 aromatic heterocycles. The summed E-state index contributed by atoms with van der Waals surface area (Å²) in [6, 6.07) is 3.93. The Labute approximate surface area is 186 Å². The molecular weight excluding hydrogens is 483 g/mol. The predicted molar refractivity (Wildman–Crippen MR) is 96.4 cm³/mol. The summed E-state index contributed by atoms with van der Waals surface area (Å²) in [6.07, 6.45) is -20.3. The molecule has 0 aliphatic rings. The van der Waals surface area contributed by atoms with E-state index in [1.165, 1.54) is 12.1 Å². The van der Waals surface area contributed by atoms with E-state index in [1.54, 1.807) is 0 Å². The zero-order chi connectivity index (χ0) is 26.2. The Hall–Kier alpha value is -3.29. The maximum atomic E-state index is 13.3. The van der Waals surface area contributed by atoms with Crippen molar-refractivity contribution < 1.29 is 49.7 Å². The number of hydrogen-bond acceptors (Lipinski definition) is 4. The predicted octanol–water partition coefficient (Wildman–Crippen LogP) is 5.83. The van der Waals surface area contributed by atoms with Crippen molar-refractivity contribution >= 4 is 0 Å². The van der Waals surface area contributed by atoms with Gasteiger partial charge in [-0.15, -0.1) is 0 Å². The smallest absolute Gasteiger partial charge is 0.387 e. The molecule has 2 N–H and O–H groups in total. The molecule has 0 radical (unpaired) electrons. The fraction of sp³-hybridized carbons (Fsp3) is 0.333. The fourth-order valence-electron chi connectivity index (χ4n) is 3.24. The Bertz CT molecular complexity index is 1120. The highest BCUT2D eigenvalue weighted by molar-refractivity contribution is 5.48. The van der Waals surface area contributed by atoms with Crippen LogP contribution in [0.2, 0.25) is 0 Å². The summed E-state index contributed by atoms with van der Waals surface area (Å²) in [5.41, 5.74) is -7.78. The van der Waals surface area contributed by atoms with Gasteiger partial charge < -0.3 is 10.2 Å². The van der Waals surface area contributed by atoms with Crippen molar-refractivity contribution in [2.24, 2.45) is 5.92 Å². The molecule has 0 bridgehead atoms. The quantitative estimate of drug-likeness (QED) is 0.522. The second-order valence-corrected chi connectivity index (χ2v) is 7.25. The van der Waals surface area contributed by atoms with E-state index in [2.05, 4.69) is 0 Å². The van der Waals surface area contributed by atoms with E-state index in [4.69, 9.17) is 5.26 Å². The van der Waals surface area contributed by atoms with Gasteiger partial charge in [-0.05, 0) is 47.9 Å². The second-order valence-electron chi connectivity index (χ2n) is 7.25. The number of aliphatic hydroxyl groups is 2. The topological polar surface area (TPSA) is 88.0 Å². The standard InChI is InChI=1S/C21H13F9N2O2/c1-9-2-10(5-16(14(9)7-31)21(28,29)30)17(33)15(8-32)18(34)11-3-12(19(22,23)24)6-13(4-11)20(25,26)27/h2-6,15,17-18,33-34H,1H3. The molecule has 182 valence electrons. The van der Waals surface area contributed by atoms with Gasteiger partial charge in [0.1, 0.15) is 12.0 Å². The normalized spacial score (nSPS) is 15.2. The first-order valence-electron chi connectivity index (χ1n) is 9.08. The molecule has 4 nitrogen and oxygen atoms in total. The number of nitriles is 2. The van der Waals surface area contributed by atoms with Crippen LogP contribution in [-0.2, 0) is 18.5 Å². The van der Waals surface area contributed by atoms with E-state index < -0.39 is 70.0 Å². The molecule has 34 heavy (non-hydrogen) atoms. The molecule has 0 aliphatic heterocycles. The van der Waals surface area contributed by atoms with Gasteiger partial charge in [0, 0.05) is 0 Å². The van der Waals surface area contributed by atoms with E-state index in [0.717, 1.165) is 13.0 Å². The van der Waals surface area contributed by atoms with Crippen LogP contribution in [0.3, 0.4) is 0 Å². The van der Waals surface area contributed by atoms with E-state index in [-0.39, 0.29) is 23.8 Å². The number of halogens is 9. The molecule has 0 spiro atoms. The van der Waals surface area contributed by atoms with Gasteiger partial charge in [0.15, 0.2) is 0 Å². The number of alkyl halides is 9. The van der Waals surface area contributed by atoms with Crippen LogP contribution in [0.15, 0.2) is 30.3 Å². The first-order chi connectivity index (χ1) is 15.4. The highest BCUT2D eigenvalue weighted by Gasteiger charge is 2.40. The average Bonchev–Trinajstić information content (AvgIpc) is 2.71. The Balaban J connectivity index is 2.62. The first-order valence-corrected chi connectivity index (χ1v) is 9.08. The number of benzene rings is 2. The molecule has 3 atom stereocenters. The minimum absolute atomic E-state index is 0.141. The SMILES string of the molecule is Cc1cc(C(O)C(C#N)C(O)c2cc(C(F)(F)F)cc(C(F)(F)F)c2)cc(C(F)(F)F)c1C#N. The van der Waals surface area contributed by atoms with Gasteiger partial charge in [-0.1, -0.05) is 6.07 Å². The van der Waals surface area contributed by atoms with Crippen LogP contribution < -0.4 is 0 Å². The summed E-state index contributed by atoms with van der Waals surface area (Å²) in [6.45, 7) is 1.09.